The number of hydrogen-bond donors (Lipinski definition) is 1. The van der Waals surface area contributed by atoms with Crippen LogP contribution in [-0.4, -0.2) is 17.8 Å². The Morgan fingerprint density at radius 2 is 1.76 bits per heavy atom. The summed E-state index contributed by atoms with van der Waals surface area (Å²) in [7, 11) is 0. The maximum atomic E-state index is 9.99. The zero-order valence-corrected chi connectivity index (χ0v) is 10.7. The maximum absolute atomic E-state index is 9.99. The van der Waals surface area contributed by atoms with Crippen molar-refractivity contribution in [3.05, 3.63) is 35.4 Å². The molecule has 1 atom stereocenters. The SMILES string of the molecule is CC(C)c1ccc(C(O)COC2CCC2)cc1. The van der Waals surface area contributed by atoms with Crippen LogP contribution in [-0.2, 0) is 4.74 Å². The fourth-order valence-electron chi connectivity index (χ4n) is 1.96. The monoisotopic (exact) mass is 234 g/mol. The molecule has 2 rings (SSSR count). The predicted molar refractivity (Wildman–Crippen MR) is 69.1 cm³/mol. The Labute approximate surface area is 104 Å². The standard InChI is InChI=1S/C15H22O2/c1-11(2)12-6-8-13(9-7-12)15(16)10-17-14-4-3-5-14/h6-9,11,14-16H,3-5,10H2,1-2H3. The minimum absolute atomic E-state index is 0.389. The van der Waals surface area contributed by atoms with Crippen LogP contribution in [0.1, 0.15) is 56.3 Å². The summed E-state index contributed by atoms with van der Waals surface area (Å²) in [5, 5.41) is 9.99. The van der Waals surface area contributed by atoms with E-state index in [-0.39, 0.29) is 0 Å². The summed E-state index contributed by atoms with van der Waals surface area (Å²) in [6.45, 7) is 4.77. The van der Waals surface area contributed by atoms with Gasteiger partial charge in [-0.1, -0.05) is 38.1 Å². The van der Waals surface area contributed by atoms with Crippen molar-refractivity contribution in [1.82, 2.24) is 0 Å². The largest absolute Gasteiger partial charge is 0.386 e. The number of aliphatic hydroxyl groups excluding tert-OH is 1. The third kappa shape index (κ3) is 3.30. The van der Waals surface area contributed by atoms with Gasteiger partial charge in [0, 0.05) is 0 Å². The fraction of sp³-hybridized carbons (Fsp3) is 0.600. The molecular formula is C15H22O2. The predicted octanol–water partition coefficient (Wildman–Crippen LogP) is 3.41. The lowest BCUT2D eigenvalue weighted by molar-refractivity contribution is -0.0426. The molecule has 0 saturated heterocycles. The summed E-state index contributed by atoms with van der Waals surface area (Å²) in [5.74, 6) is 0.535. The first-order valence-electron chi connectivity index (χ1n) is 6.56. The normalized spacial score (nSPS) is 18.1. The van der Waals surface area contributed by atoms with E-state index in [1.54, 1.807) is 0 Å². The summed E-state index contributed by atoms with van der Waals surface area (Å²) < 4.78 is 5.62. The van der Waals surface area contributed by atoms with Gasteiger partial charge in [-0.05, 0) is 36.3 Å². The van der Waals surface area contributed by atoms with Gasteiger partial charge in [-0.25, -0.2) is 0 Å². The van der Waals surface area contributed by atoms with E-state index in [4.69, 9.17) is 4.74 Å². The molecule has 2 nitrogen and oxygen atoms in total. The van der Waals surface area contributed by atoms with Crippen molar-refractivity contribution < 1.29 is 9.84 Å². The van der Waals surface area contributed by atoms with Crippen molar-refractivity contribution in [3.8, 4) is 0 Å². The third-order valence-electron chi connectivity index (χ3n) is 3.53. The first-order chi connectivity index (χ1) is 8.16. The second-order valence-electron chi connectivity index (χ2n) is 5.22. The quantitative estimate of drug-likeness (QED) is 0.846. The van der Waals surface area contributed by atoms with Crippen LogP contribution in [0.15, 0.2) is 24.3 Å². The summed E-state index contributed by atoms with van der Waals surface area (Å²) in [4.78, 5) is 0. The lowest BCUT2D eigenvalue weighted by Crippen LogP contribution is -2.24. The van der Waals surface area contributed by atoms with Crippen LogP contribution in [0, 0.1) is 0 Å². The van der Waals surface area contributed by atoms with Crippen LogP contribution in [0.25, 0.3) is 0 Å². The van der Waals surface area contributed by atoms with Crippen molar-refractivity contribution in [2.45, 2.75) is 51.2 Å². The van der Waals surface area contributed by atoms with Crippen molar-refractivity contribution in [1.29, 1.82) is 0 Å². The molecular weight excluding hydrogens is 212 g/mol. The molecule has 0 amide bonds. The summed E-state index contributed by atoms with van der Waals surface area (Å²) in [5.41, 5.74) is 2.26. The summed E-state index contributed by atoms with van der Waals surface area (Å²) in [6, 6.07) is 8.19. The van der Waals surface area contributed by atoms with E-state index in [0.29, 0.717) is 18.6 Å². The van der Waals surface area contributed by atoms with Gasteiger partial charge in [-0.2, -0.15) is 0 Å². The Kier molecular flexibility index (Phi) is 4.19. The summed E-state index contributed by atoms with van der Waals surface area (Å²) in [6.07, 6.45) is 3.47. The van der Waals surface area contributed by atoms with Gasteiger partial charge in [0.15, 0.2) is 0 Å². The van der Waals surface area contributed by atoms with Crippen LogP contribution >= 0.6 is 0 Å². The molecule has 17 heavy (non-hydrogen) atoms. The smallest absolute Gasteiger partial charge is 0.102 e. The Bertz CT molecular complexity index is 338. The molecule has 0 heterocycles. The zero-order valence-electron chi connectivity index (χ0n) is 10.7. The average Bonchev–Trinajstić information content (AvgIpc) is 2.27. The van der Waals surface area contributed by atoms with E-state index < -0.39 is 6.10 Å². The molecule has 0 spiro atoms. The number of hydrogen-bond acceptors (Lipinski definition) is 2. The van der Waals surface area contributed by atoms with Crippen LogP contribution in [0.5, 0.6) is 0 Å². The van der Waals surface area contributed by atoms with Crippen molar-refractivity contribution in [2.24, 2.45) is 0 Å². The van der Waals surface area contributed by atoms with Gasteiger partial charge >= 0.3 is 0 Å². The molecule has 1 unspecified atom stereocenters. The molecule has 0 bridgehead atoms. The van der Waals surface area contributed by atoms with E-state index in [1.807, 2.05) is 12.1 Å². The van der Waals surface area contributed by atoms with Crippen LogP contribution in [0.2, 0.25) is 0 Å². The molecule has 1 saturated carbocycles. The van der Waals surface area contributed by atoms with Gasteiger partial charge in [0.1, 0.15) is 6.10 Å². The topological polar surface area (TPSA) is 29.5 Å². The van der Waals surface area contributed by atoms with Gasteiger partial charge in [0.2, 0.25) is 0 Å². The second kappa shape index (κ2) is 5.65. The van der Waals surface area contributed by atoms with Gasteiger partial charge in [-0.15, -0.1) is 0 Å². The van der Waals surface area contributed by atoms with E-state index in [0.717, 1.165) is 18.4 Å². The minimum Gasteiger partial charge on any atom is -0.386 e. The van der Waals surface area contributed by atoms with Gasteiger partial charge in [-0.3, -0.25) is 0 Å². The molecule has 0 radical (unpaired) electrons. The van der Waals surface area contributed by atoms with E-state index in [1.165, 1.54) is 12.0 Å². The van der Waals surface area contributed by atoms with Crippen molar-refractivity contribution in [3.63, 3.8) is 0 Å². The van der Waals surface area contributed by atoms with Crippen LogP contribution < -0.4 is 0 Å². The van der Waals surface area contributed by atoms with E-state index >= 15 is 0 Å². The molecule has 94 valence electrons. The average molecular weight is 234 g/mol. The number of aliphatic hydroxyl groups is 1. The number of rotatable bonds is 5. The molecule has 1 aliphatic rings. The number of benzene rings is 1. The second-order valence-corrected chi connectivity index (χ2v) is 5.22. The highest BCUT2D eigenvalue weighted by Crippen LogP contribution is 2.24. The zero-order chi connectivity index (χ0) is 12.3. The molecule has 1 N–H and O–H groups in total. The number of ether oxygens (including phenoxy) is 1. The molecule has 1 aromatic carbocycles. The highest BCUT2D eigenvalue weighted by atomic mass is 16.5. The highest BCUT2D eigenvalue weighted by molar-refractivity contribution is 5.26. The molecule has 0 aliphatic heterocycles. The summed E-state index contributed by atoms with van der Waals surface area (Å²) >= 11 is 0. The minimum atomic E-state index is -0.489. The van der Waals surface area contributed by atoms with Gasteiger partial charge in [0.05, 0.1) is 12.7 Å². The first kappa shape index (κ1) is 12.6. The fourth-order valence-corrected chi connectivity index (χ4v) is 1.96. The Hall–Kier alpha value is -0.860. The Morgan fingerprint density at radius 3 is 2.24 bits per heavy atom. The molecule has 1 fully saturated rings. The van der Waals surface area contributed by atoms with Crippen LogP contribution in [0.4, 0.5) is 0 Å². The molecule has 2 heteroatoms. The lowest BCUT2D eigenvalue weighted by atomic mass is 9.96. The van der Waals surface area contributed by atoms with E-state index in [2.05, 4.69) is 26.0 Å². The third-order valence-corrected chi connectivity index (χ3v) is 3.53. The van der Waals surface area contributed by atoms with Gasteiger partial charge < -0.3 is 9.84 Å². The molecule has 1 aliphatic carbocycles. The van der Waals surface area contributed by atoms with Crippen molar-refractivity contribution in [2.75, 3.05) is 6.61 Å². The maximum Gasteiger partial charge on any atom is 0.102 e. The lowest BCUT2D eigenvalue weighted by Gasteiger charge is -2.26. The first-order valence-corrected chi connectivity index (χ1v) is 6.56. The molecule has 1 aromatic rings. The molecule has 0 aromatic heterocycles. The van der Waals surface area contributed by atoms with Crippen molar-refractivity contribution >= 4 is 0 Å². The Balaban J connectivity index is 1.86. The van der Waals surface area contributed by atoms with Crippen LogP contribution in [0.3, 0.4) is 0 Å². The van der Waals surface area contributed by atoms with E-state index in [9.17, 15) is 5.11 Å². The Morgan fingerprint density at radius 1 is 1.18 bits per heavy atom. The van der Waals surface area contributed by atoms with Gasteiger partial charge in [0.25, 0.3) is 0 Å². The highest BCUT2D eigenvalue weighted by Gasteiger charge is 2.19.